The van der Waals surface area contributed by atoms with E-state index < -0.39 is 0 Å². The molecule has 4 heteroatoms. The lowest BCUT2D eigenvalue weighted by Gasteiger charge is -2.14. The lowest BCUT2D eigenvalue weighted by atomic mass is 9.98. The number of nitrogens with one attached hydrogen (secondary N) is 1. The van der Waals surface area contributed by atoms with Gasteiger partial charge in [-0.05, 0) is 31.7 Å². The summed E-state index contributed by atoms with van der Waals surface area (Å²) in [7, 11) is 0. The van der Waals surface area contributed by atoms with Crippen LogP contribution in [0.5, 0.6) is 0 Å². The first-order valence-electron chi connectivity index (χ1n) is 7.25. The molecule has 0 spiro atoms. The summed E-state index contributed by atoms with van der Waals surface area (Å²) in [6.45, 7) is 7.99. The molecule has 1 aromatic carbocycles. The molecule has 1 atom stereocenters. The van der Waals surface area contributed by atoms with Crippen LogP contribution in [0.2, 0.25) is 0 Å². The van der Waals surface area contributed by atoms with Crippen LogP contribution in [0.4, 0.5) is 11.5 Å². The van der Waals surface area contributed by atoms with Crippen LogP contribution in [0.3, 0.4) is 0 Å². The molecule has 0 aliphatic heterocycles. The number of anilines is 2. The Morgan fingerprint density at radius 2 is 2.00 bits per heavy atom. The van der Waals surface area contributed by atoms with Crippen molar-refractivity contribution >= 4 is 11.5 Å². The van der Waals surface area contributed by atoms with Gasteiger partial charge in [0.15, 0.2) is 0 Å². The van der Waals surface area contributed by atoms with Crippen LogP contribution in [-0.4, -0.2) is 16.3 Å². The molecule has 108 valence electrons. The second-order valence-electron chi connectivity index (χ2n) is 5.19. The molecule has 1 unspecified atom stereocenters. The highest BCUT2D eigenvalue weighted by Crippen LogP contribution is 2.23. The fourth-order valence-electron chi connectivity index (χ4n) is 2.37. The van der Waals surface area contributed by atoms with E-state index in [1.54, 1.807) is 0 Å². The monoisotopic (exact) mass is 272 g/mol. The fourth-order valence-corrected chi connectivity index (χ4v) is 2.37. The van der Waals surface area contributed by atoms with Crippen molar-refractivity contribution in [3.8, 4) is 0 Å². The Hall–Kier alpha value is -1.97. The molecule has 1 aromatic heterocycles. The van der Waals surface area contributed by atoms with E-state index in [4.69, 9.17) is 5.73 Å². The molecule has 20 heavy (non-hydrogen) atoms. The minimum absolute atomic E-state index is 0.531. The van der Waals surface area contributed by atoms with Gasteiger partial charge in [-0.1, -0.05) is 37.3 Å². The predicted octanol–water partition coefficient (Wildman–Crippen LogP) is 3.40. The van der Waals surface area contributed by atoms with Gasteiger partial charge in [0, 0.05) is 13.1 Å². The number of rotatable bonds is 6. The zero-order valence-electron chi connectivity index (χ0n) is 12.6. The largest absolute Gasteiger partial charge is 0.394 e. The molecule has 2 aromatic rings. The van der Waals surface area contributed by atoms with Gasteiger partial charge in [0.25, 0.3) is 0 Å². The second-order valence-corrected chi connectivity index (χ2v) is 5.19. The molecule has 0 fully saturated rings. The molecule has 2 rings (SSSR count). The van der Waals surface area contributed by atoms with Gasteiger partial charge in [-0.15, -0.1) is 0 Å². The van der Waals surface area contributed by atoms with Crippen molar-refractivity contribution in [3.05, 3.63) is 41.6 Å². The maximum atomic E-state index is 6.06. The third-order valence-electron chi connectivity index (χ3n) is 3.71. The number of hydrogen-bond donors (Lipinski definition) is 2. The van der Waals surface area contributed by atoms with Gasteiger partial charge >= 0.3 is 0 Å². The Balaban J connectivity index is 1.93. The van der Waals surface area contributed by atoms with Gasteiger partial charge in [-0.25, -0.2) is 4.68 Å². The van der Waals surface area contributed by atoms with Crippen LogP contribution in [0.25, 0.3) is 0 Å². The first-order chi connectivity index (χ1) is 9.63. The molecule has 0 bridgehead atoms. The van der Waals surface area contributed by atoms with Crippen molar-refractivity contribution in [2.24, 2.45) is 0 Å². The van der Waals surface area contributed by atoms with Crippen molar-refractivity contribution < 1.29 is 0 Å². The summed E-state index contributed by atoms with van der Waals surface area (Å²) in [5, 5.41) is 7.84. The lowest BCUT2D eigenvalue weighted by Crippen LogP contribution is -2.11. The summed E-state index contributed by atoms with van der Waals surface area (Å²) in [6.07, 6.45) is 1.07. The Kier molecular flexibility index (Phi) is 4.66. The number of nitrogens with two attached hydrogens (primary N) is 1. The normalized spacial score (nSPS) is 12.3. The summed E-state index contributed by atoms with van der Waals surface area (Å²) in [5.74, 6) is 1.48. The number of aryl methyl sites for hydroxylation is 2. The van der Waals surface area contributed by atoms with E-state index in [9.17, 15) is 0 Å². The number of benzene rings is 1. The molecular weight excluding hydrogens is 248 g/mol. The second kappa shape index (κ2) is 6.46. The third-order valence-corrected chi connectivity index (χ3v) is 3.71. The van der Waals surface area contributed by atoms with E-state index in [0.717, 1.165) is 36.7 Å². The Morgan fingerprint density at radius 1 is 1.30 bits per heavy atom. The Bertz CT molecular complexity index is 545. The third kappa shape index (κ3) is 3.13. The minimum atomic E-state index is 0.531. The van der Waals surface area contributed by atoms with E-state index in [1.807, 2.05) is 11.6 Å². The average molecular weight is 272 g/mol. The first kappa shape index (κ1) is 14.4. The number of hydrogen-bond acceptors (Lipinski definition) is 3. The number of aromatic nitrogens is 2. The lowest BCUT2D eigenvalue weighted by molar-refractivity contribution is 0.649. The summed E-state index contributed by atoms with van der Waals surface area (Å²) in [5.41, 5.74) is 9.10. The maximum Gasteiger partial charge on any atom is 0.148 e. The van der Waals surface area contributed by atoms with Crippen molar-refractivity contribution in [2.45, 2.75) is 39.7 Å². The minimum Gasteiger partial charge on any atom is -0.394 e. The zero-order valence-corrected chi connectivity index (χ0v) is 12.6. The maximum absolute atomic E-state index is 6.06. The first-order valence-corrected chi connectivity index (χ1v) is 7.25. The fraction of sp³-hybridized carbons (Fsp3) is 0.438. The Labute approximate surface area is 121 Å². The van der Waals surface area contributed by atoms with Crippen molar-refractivity contribution in [3.63, 3.8) is 0 Å². The smallest absolute Gasteiger partial charge is 0.148 e. The van der Waals surface area contributed by atoms with Crippen LogP contribution in [0.1, 0.15) is 37.4 Å². The highest BCUT2D eigenvalue weighted by molar-refractivity contribution is 5.64. The summed E-state index contributed by atoms with van der Waals surface area (Å²) >= 11 is 0. The van der Waals surface area contributed by atoms with E-state index in [2.05, 4.69) is 54.6 Å². The molecule has 4 nitrogen and oxygen atoms in total. The molecule has 0 aliphatic carbocycles. The SMILES string of the molecule is CCn1nc(C)c(N)c1NCCC(C)c1ccccc1. The topological polar surface area (TPSA) is 55.9 Å². The van der Waals surface area contributed by atoms with E-state index in [-0.39, 0.29) is 0 Å². The molecule has 3 N–H and O–H groups in total. The van der Waals surface area contributed by atoms with E-state index in [0.29, 0.717) is 5.92 Å². The number of nitrogens with zero attached hydrogens (tertiary/aromatic N) is 2. The van der Waals surface area contributed by atoms with Gasteiger partial charge in [0.05, 0.1) is 11.4 Å². The molecule has 1 heterocycles. The highest BCUT2D eigenvalue weighted by Gasteiger charge is 2.11. The Morgan fingerprint density at radius 3 is 2.65 bits per heavy atom. The van der Waals surface area contributed by atoms with Crippen LogP contribution >= 0.6 is 0 Å². The standard InChI is InChI=1S/C16H24N4/c1-4-20-16(15(17)13(3)19-20)18-11-10-12(2)14-8-6-5-7-9-14/h5-9,12,18H,4,10-11,17H2,1-3H3. The molecule has 0 saturated carbocycles. The van der Waals surface area contributed by atoms with Gasteiger partial charge in [0.1, 0.15) is 5.82 Å². The van der Waals surface area contributed by atoms with Crippen molar-refractivity contribution in [1.82, 2.24) is 9.78 Å². The predicted molar refractivity (Wildman–Crippen MR) is 85.0 cm³/mol. The molecule has 0 saturated heterocycles. The summed E-state index contributed by atoms with van der Waals surface area (Å²) < 4.78 is 1.93. The quantitative estimate of drug-likeness (QED) is 0.847. The van der Waals surface area contributed by atoms with Crippen LogP contribution in [0.15, 0.2) is 30.3 Å². The van der Waals surface area contributed by atoms with Gasteiger partial charge in [-0.3, -0.25) is 0 Å². The summed E-state index contributed by atoms with van der Waals surface area (Å²) in [6, 6.07) is 10.6. The average Bonchev–Trinajstić information content (AvgIpc) is 2.75. The van der Waals surface area contributed by atoms with Gasteiger partial charge in [0.2, 0.25) is 0 Å². The van der Waals surface area contributed by atoms with Gasteiger partial charge in [-0.2, -0.15) is 5.10 Å². The van der Waals surface area contributed by atoms with E-state index >= 15 is 0 Å². The number of nitrogen functional groups attached to an aromatic ring is 1. The van der Waals surface area contributed by atoms with E-state index in [1.165, 1.54) is 5.56 Å². The van der Waals surface area contributed by atoms with Crippen LogP contribution in [0, 0.1) is 6.92 Å². The van der Waals surface area contributed by atoms with Crippen LogP contribution < -0.4 is 11.1 Å². The molecule has 0 amide bonds. The molecule has 0 aliphatic rings. The zero-order chi connectivity index (χ0) is 14.5. The van der Waals surface area contributed by atoms with Gasteiger partial charge < -0.3 is 11.1 Å². The summed E-state index contributed by atoms with van der Waals surface area (Å²) in [4.78, 5) is 0. The molecule has 0 radical (unpaired) electrons. The van der Waals surface area contributed by atoms with Crippen LogP contribution in [-0.2, 0) is 6.54 Å². The highest BCUT2D eigenvalue weighted by atomic mass is 15.3. The van der Waals surface area contributed by atoms with Crippen molar-refractivity contribution in [1.29, 1.82) is 0 Å². The molecular formula is C16H24N4. The van der Waals surface area contributed by atoms with Crippen molar-refractivity contribution in [2.75, 3.05) is 17.6 Å².